The molecule has 2 aliphatic carbocycles. The van der Waals surface area contributed by atoms with E-state index in [-0.39, 0.29) is 24.5 Å². The van der Waals surface area contributed by atoms with Gasteiger partial charge >= 0.3 is 5.97 Å². The molecule has 3 rings (SSSR count). The number of aliphatic carboxylic acids is 1. The van der Waals surface area contributed by atoms with E-state index in [4.69, 9.17) is 14.6 Å². The van der Waals surface area contributed by atoms with Gasteiger partial charge in [0.25, 0.3) is 5.91 Å². The van der Waals surface area contributed by atoms with Crippen molar-refractivity contribution in [3.8, 4) is 11.5 Å². The van der Waals surface area contributed by atoms with Crippen molar-refractivity contribution in [3.05, 3.63) is 23.3 Å². The number of amides is 1. The summed E-state index contributed by atoms with van der Waals surface area (Å²) in [5.74, 6) is 0.844. The van der Waals surface area contributed by atoms with Crippen LogP contribution in [0.25, 0.3) is 0 Å². The van der Waals surface area contributed by atoms with Gasteiger partial charge in [0, 0.05) is 24.2 Å². The molecule has 148 valence electrons. The third kappa shape index (κ3) is 4.71. The van der Waals surface area contributed by atoms with Crippen LogP contribution >= 0.6 is 0 Å². The fourth-order valence-electron chi connectivity index (χ4n) is 3.64. The van der Waals surface area contributed by atoms with Crippen molar-refractivity contribution < 1.29 is 24.2 Å². The molecule has 2 aliphatic rings. The molecule has 0 atom stereocenters. The maximum atomic E-state index is 12.7. The first-order valence-corrected chi connectivity index (χ1v) is 9.40. The summed E-state index contributed by atoms with van der Waals surface area (Å²) >= 11 is 0. The van der Waals surface area contributed by atoms with E-state index in [2.05, 4.69) is 10.2 Å². The molecule has 7 nitrogen and oxygen atoms in total. The summed E-state index contributed by atoms with van der Waals surface area (Å²) in [5, 5.41) is 12.2. The zero-order chi connectivity index (χ0) is 19.6. The maximum absolute atomic E-state index is 12.7. The summed E-state index contributed by atoms with van der Waals surface area (Å²) in [6, 6.07) is 3.80. The molecule has 27 heavy (non-hydrogen) atoms. The smallest absolute Gasteiger partial charge is 0.317 e. The number of carboxylic acid groups (broad SMARTS) is 1. The van der Waals surface area contributed by atoms with Gasteiger partial charge in [-0.3, -0.25) is 14.5 Å². The van der Waals surface area contributed by atoms with Gasteiger partial charge < -0.3 is 19.9 Å². The number of carbonyl (C=O) groups is 2. The van der Waals surface area contributed by atoms with Crippen LogP contribution in [0.1, 0.15) is 41.6 Å². The Balaban J connectivity index is 1.57. The zero-order valence-corrected chi connectivity index (χ0v) is 16.2. The molecule has 0 radical (unpaired) electrons. The Kier molecular flexibility index (Phi) is 5.89. The Morgan fingerprint density at radius 3 is 2.37 bits per heavy atom. The number of nitrogens with zero attached hydrogens (tertiary/aromatic N) is 1. The fraction of sp³-hybridized carbons (Fsp3) is 0.600. The predicted octanol–water partition coefficient (Wildman–Crippen LogP) is 2.07. The number of hydrogen-bond donors (Lipinski definition) is 2. The first-order chi connectivity index (χ1) is 12.9. The molecule has 1 aromatic rings. The van der Waals surface area contributed by atoms with Crippen LogP contribution < -0.4 is 14.8 Å². The van der Waals surface area contributed by atoms with E-state index in [0.717, 1.165) is 24.9 Å². The van der Waals surface area contributed by atoms with Gasteiger partial charge in [-0.05, 0) is 56.2 Å². The maximum Gasteiger partial charge on any atom is 0.317 e. The van der Waals surface area contributed by atoms with Gasteiger partial charge in [0.15, 0.2) is 11.5 Å². The molecule has 0 aromatic heterocycles. The van der Waals surface area contributed by atoms with Gasteiger partial charge in [-0.15, -0.1) is 0 Å². The lowest BCUT2D eigenvalue weighted by molar-refractivity contribution is -0.139. The predicted molar refractivity (Wildman–Crippen MR) is 100 cm³/mol. The minimum absolute atomic E-state index is 0.0745. The van der Waals surface area contributed by atoms with Gasteiger partial charge in [-0.1, -0.05) is 0 Å². The summed E-state index contributed by atoms with van der Waals surface area (Å²) in [5.41, 5.74) is 1.39. The average Bonchev–Trinajstić information content (AvgIpc) is 3.40. The third-order valence-corrected chi connectivity index (χ3v) is 5.47. The first-order valence-electron chi connectivity index (χ1n) is 9.40. The molecule has 0 unspecified atom stereocenters. The summed E-state index contributed by atoms with van der Waals surface area (Å²) in [4.78, 5) is 25.8. The lowest BCUT2D eigenvalue weighted by Crippen LogP contribution is -2.55. The second kappa shape index (κ2) is 8.17. The Morgan fingerprint density at radius 2 is 1.81 bits per heavy atom. The lowest BCUT2D eigenvalue weighted by atomic mass is 9.85. The SMILES string of the molecule is COc1cc(C)c(C(=O)NC2CC(N(CC(=O)O)CC3CC3)C2)cc1OC. The van der Waals surface area contributed by atoms with Crippen LogP contribution in [0.4, 0.5) is 0 Å². The van der Waals surface area contributed by atoms with Crippen LogP contribution in [0.15, 0.2) is 12.1 Å². The van der Waals surface area contributed by atoms with Crippen molar-refractivity contribution in [2.24, 2.45) is 5.92 Å². The van der Waals surface area contributed by atoms with Crippen LogP contribution in [-0.2, 0) is 4.79 Å². The second-order valence-corrected chi connectivity index (χ2v) is 7.58. The van der Waals surface area contributed by atoms with E-state index < -0.39 is 5.97 Å². The highest BCUT2D eigenvalue weighted by atomic mass is 16.5. The summed E-state index contributed by atoms with van der Waals surface area (Å²) in [6.07, 6.45) is 3.97. The molecule has 2 N–H and O–H groups in total. The molecule has 1 aromatic carbocycles. The average molecular weight is 376 g/mol. The number of methoxy groups -OCH3 is 2. The normalized spacial score (nSPS) is 21.5. The molecule has 1 amide bonds. The second-order valence-electron chi connectivity index (χ2n) is 7.58. The molecule has 0 bridgehead atoms. The van der Waals surface area contributed by atoms with Crippen molar-refractivity contribution >= 4 is 11.9 Å². The highest BCUT2D eigenvalue weighted by Gasteiger charge is 2.38. The van der Waals surface area contributed by atoms with Crippen molar-refractivity contribution in [1.29, 1.82) is 0 Å². The molecule has 0 heterocycles. The number of aryl methyl sites for hydroxylation is 1. The monoisotopic (exact) mass is 376 g/mol. The van der Waals surface area contributed by atoms with Gasteiger partial charge in [-0.25, -0.2) is 0 Å². The highest BCUT2D eigenvalue weighted by Crippen LogP contribution is 2.34. The minimum Gasteiger partial charge on any atom is -0.493 e. The van der Waals surface area contributed by atoms with Crippen LogP contribution in [0.2, 0.25) is 0 Å². The molecule has 0 aliphatic heterocycles. The molecule has 0 saturated heterocycles. The van der Waals surface area contributed by atoms with Crippen LogP contribution in [0.5, 0.6) is 11.5 Å². The summed E-state index contributed by atoms with van der Waals surface area (Å²) in [6.45, 7) is 2.80. The van der Waals surface area contributed by atoms with E-state index in [0.29, 0.717) is 23.0 Å². The lowest BCUT2D eigenvalue weighted by Gasteiger charge is -2.42. The van der Waals surface area contributed by atoms with Crippen LogP contribution in [-0.4, -0.2) is 61.3 Å². The van der Waals surface area contributed by atoms with Crippen LogP contribution in [0, 0.1) is 12.8 Å². The summed E-state index contributed by atoms with van der Waals surface area (Å²) < 4.78 is 10.6. The van der Waals surface area contributed by atoms with Gasteiger partial charge in [0.1, 0.15) is 0 Å². The Bertz CT molecular complexity index is 711. The number of ether oxygens (including phenoxy) is 2. The van der Waals surface area contributed by atoms with E-state index >= 15 is 0 Å². The fourth-order valence-corrected chi connectivity index (χ4v) is 3.64. The quantitative estimate of drug-likeness (QED) is 0.686. The van der Waals surface area contributed by atoms with Crippen molar-refractivity contribution in [1.82, 2.24) is 10.2 Å². The van der Waals surface area contributed by atoms with Gasteiger partial charge in [0.2, 0.25) is 0 Å². The summed E-state index contributed by atoms with van der Waals surface area (Å²) in [7, 11) is 3.11. The third-order valence-electron chi connectivity index (χ3n) is 5.47. The van der Waals surface area contributed by atoms with E-state index in [1.54, 1.807) is 26.4 Å². The zero-order valence-electron chi connectivity index (χ0n) is 16.2. The van der Waals surface area contributed by atoms with E-state index in [1.165, 1.54) is 12.8 Å². The Morgan fingerprint density at radius 1 is 1.19 bits per heavy atom. The molecule has 0 spiro atoms. The van der Waals surface area contributed by atoms with Gasteiger partial charge in [-0.2, -0.15) is 0 Å². The van der Waals surface area contributed by atoms with E-state index in [1.807, 2.05) is 6.92 Å². The largest absolute Gasteiger partial charge is 0.493 e. The van der Waals surface area contributed by atoms with E-state index in [9.17, 15) is 9.59 Å². The number of hydrogen-bond acceptors (Lipinski definition) is 5. The number of benzene rings is 1. The van der Waals surface area contributed by atoms with Crippen LogP contribution in [0.3, 0.4) is 0 Å². The topological polar surface area (TPSA) is 88.1 Å². The Labute approximate surface area is 159 Å². The Hall–Kier alpha value is -2.28. The number of carboxylic acids is 1. The highest BCUT2D eigenvalue weighted by molar-refractivity contribution is 5.96. The van der Waals surface area contributed by atoms with Crippen molar-refractivity contribution in [2.45, 2.75) is 44.7 Å². The molecule has 2 fully saturated rings. The van der Waals surface area contributed by atoms with Gasteiger partial charge in [0.05, 0.1) is 20.8 Å². The molecule has 7 heteroatoms. The first kappa shape index (κ1) is 19.5. The van der Waals surface area contributed by atoms with Crippen molar-refractivity contribution in [2.75, 3.05) is 27.3 Å². The van der Waals surface area contributed by atoms with Crippen molar-refractivity contribution in [3.63, 3.8) is 0 Å². The number of rotatable bonds is 9. The minimum atomic E-state index is -0.788. The molecular weight excluding hydrogens is 348 g/mol. The number of nitrogens with one attached hydrogen (secondary N) is 1. The molecular formula is C20H28N2O5. The number of carbonyl (C=O) groups excluding carboxylic acids is 1. The standard InChI is InChI=1S/C20H28N2O5/c1-12-6-17(26-2)18(27-3)9-16(12)20(25)21-14-7-15(8-14)22(11-19(23)24)10-13-4-5-13/h6,9,13-15H,4-5,7-8,10-11H2,1-3H3,(H,21,25)(H,23,24). The molecule has 2 saturated carbocycles.